The van der Waals surface area contributed by atoms with Crippen molar-refractivity contribution in [3.05, 3.63) is 12.4 Å². The highest BCUT2D eigenvalue weighted by atomic mass is 16.3. The molecule has 1 aliphatic heterocycles. The van der Waals surface area contributed by atoms with Crippen molar-refractivity contribution in [2.45, 2.75) is 31.7 Å². The van der Waals surface area contributed by atoms with Crippen LogP contribution in [0, 0.1) is 0 Å². The molecule has 3 N–H and O–H groups in total. The van der Waals surface area contributed by atoms with E-state index >= 15 is 0 Å². The van der Waals surface area contributed by atoms with Gasteiger partial charge in [-0.15, -0.1) is 0 Å². The number of piperidine rings is 1. The number of likely N-dealkylation sites (tertiary alicyclic amines) is 1. The lowest BCUT2D eigenvalue weighted by Crippen LogP contribution is -2.37. The van der Waals surface area contributed by atoms with Crippen LogP contribution in [-0.2, 0) is 0 Å². The van der Waals surface area contributed by atoms with E-state index < -0.39 is 0 Å². The van der Waals surface area contributed by atoms with Gasteiger partial charge in [0.1, 0.15) is 18.0 Å². The maximum Gasteiger partial charge on any atom is 0.131 e. The Balaban J connectivity index is 1.75. The fourth-order valence-corrected chi connectivity index (χ4v) is 2.61. The minimum absolute atomic E-state index is 0.0980. The van der Waals surface area contributed by atoms with Crippen LogP contribution in [0.4, 0.5) is 11.6 Å². The molecule has 0 amide bonds. The van der Waals surface area contributed by atoms with Crippen LogP contribution in [0.1, 0.15) is 25.7 Å². The van der Waals surface area contributed by atoms with Crippen LogP contribution >= 0.6 is 0 Å². The maximum atomic E-state index is 8.78. The second-order valence-corrected chi connectivity index (χ2v) is 5.28. The van der Waals surface area contributed by atoms with E-state index in [1.807, 2.05) is 6.07 Å². The molecule has 1 atom stereocenters. The van der Waals surface area contributed by atoms with Gasteiger partial charge in [0.05, 0.1) is 6.61 Å². The van der Waals surface area contributed by atoms with Crippen molar-refractivity contribution in [2.75, 3.05) is 43.9 Å². The normalized spacial score (nSPS) is 19.8. The number of rotatable bonds is 7. The Bertz CT molecular complexity index is 401. The van der Waals surface area contributed by atoms with Crippen LogP contribution in [0.5, 0.6) is 0 Å². The molecular formula is C14H25N5O. The molecule has 0 spiro atoms. The van der Waals surface area contributed by atoms with Crippen LogP contribution in [0.25, 0.3) is 0 Å². The van der Waals surface area contributed by atoms with Gasteiger partial charge in [-0.25, -0.2) is 9.97 Å². The van der Waals surface area contributed by atoms with Crippen LogP contribution < -0.4 is 10.6 Å². The van der Waals surface area contributed by atoms with Crippen LogP contribution in [-0.4, -0.2) is 59.3 Å². The first kappa shape index (κ1) is 15.0. The molecule has 20 heavy (non-hydrogen) atoms. The number of hydrogen-bond acceptors (Lipinski definition) is 6. The van der Waals surface area contributed by atoms with Crippen molar-refractivity contribution in [2.24, 2.45) is 0 Å². The summed E-state index contributed by atoms with van der Waals surface area (Å²) in [6, 6.07) is 2.56. The SMILES string of the molecule is CN1CCCCC1CCNc1cc(NCCO)ncn1. The second-order valence-electron chi connectivity index (χ2n) is 5.28. The number of anilines is 2. The molecule has 2 heterocycles. The minimum atomic E-state index is 0.0980. The predicted octanol–water partition coefficient (Wildman–Crippen LogP) is 1.17. The zero-order valence-corrected chi connectivity index (χ0v) is 12.2. The van der Waals surface area contributed by atoms with Gasteiger partial charge in [-0.1, -0.05) is 6.42 Å². The van der Waals surface area contributed by atoms with E-state index in [9.17, 15) is 0 Å². The number of nitrogens with zero attached hydrogens (tertiary/aromatic N) is 3. The van der Waals surface area contributed by atoms with Crippen molar-refractivity contribution in [3.63, 3.8) is 0 Å². The van der Waals surface area contributed by atoms with E-state index in [-0.39, 0.29) is 6.61 Å². The summed E-state index contributed by atoms with van der Waals surface area (Å²) in [6.07, 6.45) is 6.64. The lowest BCUT2D eigenvalue weighted by atomic mass is 10.0. The molecule has 1 unspecified atom stereocenters. The molecule has 1 fully saturated rings. The van der Waals surface area contributed by atoms with Gasteiger partial charge < -0.3 is 20.6 Å². The third-order valence-corrected chi connectivity index (χ3v) is 3.79. The minimum Gasteiger partial charge on any atom is -0.395 e. The molecule has 112 valence electrons. The Kier molecular flexibility index (Phi) is 6.01. The molecule has 0 radical (unpaired) electrons. The van der Waals surface area contributed by atoms with Crippen LogP contribution in [0.3, 0.4) is 0 Å². The summed E-state index contributed by atoms with van der Waals surface area (Å²) in [5, 5.41) is 15.2. The highest BCUT2D eigenvalue weighted by Crippen LogP contribution is 2.18. The molecule has 0 aliphatic carbocycles. The largest absolute Gasteiger partial charge is 0.395 e. The monoisotopic (exact) mass is 279 g/mol. The van der Waals surface area contributed by atoms with Gasteiger partial charge in [0, 0.05) is 25.2 Å². The van der Waals surface area contributed by atoms with E-state index in [0.717, 1.165) is 24.6 Å². The third kappa shape index (κ3) is 4.61. The molecule has 1 aromatic rings. The highest BCUT2D eigenvalue weighted by molar-refractivity contribution is 5.46. The molecule has 1 aliphatic rings. The first-order valence-electron chi connectivity index (χ1n) is 7.40. The zero-order chi connectivity index (χ0) is 14.2. The van der Waals surface area contributed by atoms with E-state index in [1.165, 1.54) is 32.1 Å². The van der Waals surface area contributed by atoms with Crippen molar-refractivity contribution in [1.82, 2.24) is 14.9 Å². The fourth-order valence-electron chi connectivity index (χ4n) is 2.61. The smallest absolute Gasteiger partial charge is 0.131 e. The molecule has 6 heteroatoms. The molecule has 1 saturated heterocycles. The first-order valence-corrected chi connectivity index (χ1v) is 7.40. The quantitative estimate of drug-likeness (QED) is 0.696. The standard InChI is InChI=1S/C14H25N5O/c1-19-8-3-2-4-12(19)5-6-15-13-10-14(16-7-9-20)18-11-17-13/h10-12,20H,2-9H2,1H3,(H2,15,16,17,18). The lowest BCUT2D eigenvalue weighted by molar-refractivity contribution is 0.179. The van der Waals surface area contributed by atoms with E-state index in [4.69, 9.17) is 5.11 Å². The first-order chi connectivity index (χ1) is 9.79. The third-order valence-electron chi connectivity index (χ3n) is 3.79. The van der Waals surface area contributed by atoms with Crippen molar-refractivity contribution < 1.29 is 5.11 Å². The Morgan fingerprint density at radius 2 is 2.00 bits per heavy atom. The second kappa shape index (κ2) is 8.01. The van der Waals surface area contributed by atoms with Crippen molar-refractivity contribution >= 4 is 11.6 Å². The average molecular weight is 279 g/mol. The molecule has 0 aromatic carbocycles. The number of nitrogens with one attached hydrogen (secondary N) is 2. The topological polar surface area (TPSA) is 73.3 Å². The van der Waals surface area contributed by atoms with E-state index in [1.54, 1.807) is 0 Å². The summed E-state index contributed by atoms with van der Waals surface area (Å²) in [7, 11) is 2.21. The number of hydrogen-bond donors (Lipinski definition) is 3. The van der Waals surface area contributed by atoms with Crippen molar-refractivity contribution in [3.8, 4) is 0 Å². The zero-order valence-electron chi connectivity index (χ0n) is 12.2. The summed E-state index contributed by atoms with van der Waals surface area (Å²) >= 11 is 0. The molecular weight excluding hydrogens is 254 g/mol. The van der Waals surface area contributed by atoms with Gasteiger partial charge in [0.2, 0.25) is 0 Å². The van der Waals surface area contributed by atoms with Gasteiger partial charge >= 0.3 is 0 Å². The number of aliphatic hydroxyl groups excluding tert-OH is 1. The lowest BCUT2D eigenvalue weighted by Gasteiger charge is -2.32. The average Bonchev–Trinajstić information content (AvgIpc) is 2.48. The van der Waals surface area contributed by atoms with Gasteiger partial charge in [0.25, 0.3) is 0 Å². The molecule has 6 nitrogen and oxygen atoms in total. The van der Waals surface area contributed by atoms with Gasteiger partial charge in [-0.3, -0.25) is 0 Å². The maximum absolute atomic E-state index is 8.78. The van der Waals surface area contributed by atoms with Crippen LogP contribution in [0.2, 0.25) is 0 Å². The molecule has 1 aromatic heterocycles. The summed E-state index contributed by atoms with van der Waals surface area (Å²) in [6.45, 7) is 2.74. The summed E-state index contributed by atoms with van der Waals surface area (Å²) in [5.74, 6) is 1.57. The Labute approximate surface area is 120 Å². The number of aromatic nitrogens is 2. The van der Waals surface area contributed by atoms with E-state index in [0.29, 0.717) is 12.6 Å². The molecule has 0 bridgehead atoms. The molecule has 0 saturated carbocycles. The summed E-state index contributed by atoms with van der Waals surface area (Å²) < 4.78 is 0. The van der Waals surface area contributed by atoms with Gasteiger partial charge in [-0.2, -0.15) is 0 Å². The Morgan fingerprint density at radius 1 is 1.25 bits per heavy atom. The van der Waals surface area contributed by atoms with E-state index in [2.05, 4.69) is 32.5 Å². The van der Waals surface area contributed by atoms with Gasteiger partial charge in [-0.05, 0) is 32.9 Å². The highest BCUT2D eigenvalue weighted by Gasteiger charge is 2.17. The summed E-state index contributed by atoms with van der Waals surface area (Å²) in [4.78, 5) is 10.8. The predicted molar refractivity (Wildman–Crippen MR) is 81.0 cm³/mol. The Hall–Kier alpha value is -1.40. The Morgan fingerprint density at radius 3 is 2.70 bits per heavy atom. The summed E-state index contributed by atoms with van der Waals surface area (Å²) in [5.41, 5.74) is 0. The van der Waals surface area contributed by atoms with Crippen molar-refractivity contribution in [1.29, 1.82) is 0 Å². The van der Waals surface area contributed by atoms with Gasteiger partial charge in [0.15, 0.2) is 0 Å². The molecule has 2 rings (SSSR count). The van der Waals surface area contributed by atoms with Crippen LogP contribution in [0.15, 0.2) is 12.4 Å². The number of aliphatic hydroxyl groups is 1. The fraction of sp³-hybridized carbons (Fsp3) is 0.714.